The Balaban J connectivity index is 2.26. The molecule has 2 rings (SSSR count). The summed E-state index contributed by atoms with van der Waals surface area (Å²) in [5.74, 6) is 3.77. The third-order valence-corrected chi connectivity index (χ3v) is 2.87. The molecule has 0 aliphatic rings. The van der Waals surface area contributed by atoms with Crippen molar-refractivity contribution in [3.05, 3.63) is 53.4 Å². The second-order valence-corrected chi connectivity index (χ2v) is 4.02. The van der Waals surface area contributed by atoms with Crippen LogP contribution in [-0.4, -0.2) is 9.78 Å². The number of benzene rings is 1. The van der Waals surface area contributed by atoms with Crippen LogP contribution in [0.4, 0.5) is 8.78 Å². The second kappa shape index (κ2) is 5.24. The van der Waals surface area contributed by atoms with Gasteiger partial charge in [-0.3, -0.25) is 16.0 Å². The standard InChI is InChI=1S/C12H14F2N4/c1-18-11(5-6-16-18)10(17-15)7-8-3-2-4-9(13)12(8)14/h2-6,10,17H,7,15H2,1H3. The number of halogens is 2. The predicted octanol–water partition coefficient (Wildman–Crippen LogP) is 1.45. The average Bonchev–Trinajstić information content (AvgIpc) is 2.77. The molecule has 1 heterocycles. The molecule has 0 amide bonds. The molecule has 4 nitrogen and oxygen atoms in total. The number of nitrogens with two attached hydrogens (primary N) is 1. The lowest BCUT2D eigenvalue weighted by atomic mass is 10.0. The number of aromatic nitrogens is 2. The summed E-state index contributed by atoms with van der Waals surface area (Å²) >= 11 is 0. The second-order valence-electron chi connectivity index (χ2n) is 4.02. The van der Waals surface area contributed by atoms with Gasteiger partial charge in [-0.05, 0) is 24.1 Å². The van der Waals surface area contributed by atoms with Crippen molar-refractivity contribution in [3.8, 4) is 0 Å². The van der Waals surface area contributed by atoms with Crippen molar-refractivity contribution in [1.82, 2.24) is 15.2 Å². The maximum absolute atomic E-state index is 13.6. The lowest BCUT2D eigenvalue weighted by Gasteiger charge is -2.16. The van der Waals surface area contributed by atoms with Gasteiger partial charge in [0.25, 0.3) is 0 Å². The summed E-state index contributed by atoms with van der Waals surface area (Å²) in [5.41, 5.74) is 3.67. The van der Waals surface area contributed by atoms with Crippen molar-refractivity contribution >= 4 is 0 Å². The van der Waals surface area contributed by atoms with Gasteiger partial charge in [0.15, 0.2) is 11.6 Å². The first-order valence-electron chi connectivity index (χ1n) is 5.50. The van der Waals surface area contributed by atoms with Crippen molar-refractivity contribution in [3.63, 3.8) is 0 Å². The summed E-state index contributed by atoms with van der Waals surface area (Å²) in [6.07, 6.45) is 1.88. The first-order valence-corrected chi connectivity index (χ1v) is 5.50. The van der Waals surface area contributed by atoms with Crippen LogP contribution in [-0.2, 0) is 13.5 Å². The van der Waals surface area contributed by atoms with Crippen molar-refractivity contribution in [2.24, 2.45) is 12.9 Å². The highest BCUT2D eigenvalue weighted by Gasteiger charge is 2.17. The molecule has 96 valence electrons. The van der Waals surface area contributed by atoms with Crippen LogP contribution in [0.25, 0.3) is 0 Å². The zero-order valence-corrected chi connectivity index (χ0v) is 9.90. The molecule has 0 saturated heterocycles. The van der Waals surface area contributed by atoms with Crippen LogP contribution in [0.1, 0.15) is 17.3 Å². The highest BCUT2D eigenvalue weighted by Crippen LogP contribution is 2.20. The van der Waals surface area contributed by atoms with Gasteiger partial charge in [-0.1, -0.05) is 12.1 Å². The minimum atomic E-state index is -0.853. The number of nitrogens with zero attached hydrogens (tertiary/aromatic N) is 2. The fourth-order valence-electron chi connectivity index (χ4n) is 1.90. The normalized spacial score (nSPS) is 12.7. The molecule has 0 radical (unpaired) electrons. The molecule has 0 bridgehead atoms. The van der Waals surface area contributed by atoms with Gasteiger partial charge in [-0.2, -0.15) is 5.10 Å². The van der Waals surface area contributed by atoms with Gasteiger partial charge in [0.1, 0.15) is 0 Å². The number of rotatable bonds is 4. The van der Waals surface area contributed by atoms with E-state index in [-0.39, 0.29) is 18.0 Å². The summed E-state index contributed by atoms with van der Waals surface area (Å²) in [6, 6.07) is 5.56. The number of aryl methyl sites for hydroxylation is 1. The van der Waals surface area contributed by atoms with E-state index in [4.69, 9.17) is 5.84 Å². The molecule has 0 spiro atoms. The molecule has 1 unspecified atom stereocenters. The van der Waals surface area contributed by atoms with E-state index in [0.717, 1.165) is 11.8 Å². The SMILES string of the molecule is Cn1nccc1C(Cc1cccc(F)c1F)NN. The highest BCUT2D eigenvalue weighted by molar-refractivity contribution is 5.22. The Bertz CT molecular complexity index is 539. The third kappa shape index (κ3) is 2.39. The number of hydrogen-bond donors (Lipinski definition) is 2. The molecule has 6 heteroatoms. The molecule has 3 N–H and O–H groups in total. The Morgan fingerprint density at radius 1 is 1.39 bits per heavy atom. The topological polar surface area (TPSA) is 55.9 Å². The Labute approximate surface area is 103 Å². The summed E-state index contributed by atoms with van der Waals surface area (Å²) < 4.78 is 28.3. The van der Waals surface area contributed by atoms with Gasteiger partial charge in [0, 0.05) is 13.2 Å². The van der Waals surface area contributed by atoms with Gasteiger partial charge in [0.2, 0.25) is 0 Å². The first-order chi connectivity index (χ1) is 8.63. The Morgan fingerprint density at radius 2 is 2.17 bits per heavy atom. The summed E-state index contributed by atoms with van der Waals surface area (Å²) in [6.45, 7) is 0. The first kappa shape index (κ1) is 12.7. The molecule has 18 heavy (non-hydrogen) atoms. The number of nitrogens with one attached hydrogen (secondary N) is 1. The molecule has 0 fully saturated rings. The molecule has 1 aromatic carbocycles. The minimum Gasteiger partial charge on any atom is -0.271 e. The van der Waals surface area contributed by atoms with E-state index >= 15 is 0 Å². The third-order valence-electron chi connectivity index (χ3n) is 2.87. The smallest absolute Gasteiger partial charge is 0.162 e. The summed E-state index contributed by atoms with van der Waals surface area (Å²) in [7, 11) is 1.77. The lowest BCUT2D eigenvalue weighted by Crippen LogP contribution is -2.31. The molecule has 0 aliphatic carbocycles. The molecule has 1 atom stereocenters. The Kier molecular flexibility index (Phi) is 3.69. The van der Waals surface area contributed by atoms with Crippen LogP contribution in [0.3, 0.4) is 0 Å². The van der Waals surface area contributed by atoms with Crippen LogP contribution < -0.4 is 11.3 Å². The molecular weight excluding hydrogens is 238 g/mol. The van der Waals surface area contributed by atoms with Crippen LogP contribution in [0.5, 0.6) is 0 Å². The highest BCUT2D eigenvalue weighted by atomic mass is 19.2. The van der Waals surface area contributed by atoms with E-state index in [0.29, 0.717) is 0 Å². The monoisotopic (exact) mass is 252 g/mol. The van der Waals surface area contributed by atoms with Crippen LogP contribution in [0.15, 0.2) is 30.5 Å². The fourth-order valence-corrected chi connectivity index (χ4v) is 1.90. The Hall–Kier alpha value is -1.79. The largest absolute Gasteiger partial charge is 0.271 e. The minimum absolute atomic E-state index is 0.250. The van der Waals surface area contributed by atoms with Gasteiger partial charge in [0.05, 0.1) is 11.7 Å². The molecule has 0 saturated carbocycles. The number of hydrazine groups is 1. The molecule has 1 aromatic heterocycles. The van der Waals surface area contributed by atoms with Crippen LogP contribution in [0, 0.1) is 11.6 Å². The predicted molar refractivity (Wildman–Crippen MR) is 63.3 cm³/mol. The van der Waals surface area contributed by atoms with Gasteiger partial charge in [-0.25, -0.2) is 8.78 Å². The molecule has 0 aliphatic heterocycles. The zero-order chi connectivity index (χ0) is 13.1. The van der Waals surface area contributed by atoms with E-state index in [9.17, 15) is 8.78 Å². The van der Waals surface area contributed by atoms with E-state index < -0.39 is 11.6 Å². The lowest BCUT2D eigenvalue weighted by molar-refractivity contribution is 0.469. The summed E-state index contributed by atoms with van der Waals surface area (Å²) in [5, 5.41) is 4.02. The zero-order valence-electron chi connectivity index (χ0n) is 9.90. The van der Waals surface area contributed by atoms with E-state index in [1.54, 1.807) is 30.1 Å². The van der Waals surface area contributed by atoms with Crippen LogP contribution >= 0.6 is 0 Å². The van der Waals surface area contributed by atoms with E-state index in [1.807, 2.05) is 0 Å². The van der Waals surface area contributed by atoms with Crippen molar-refractivity contribution in [2.45, 2.75) is 12.5 Å². The number of hydrogen-bond acceptors (Lipinski definition) is 3. The van der Waals surface area contributed by atoms with Gasteiger partial charge >= 0.3 is 0 Å². The average molecular weight is 252 g/mol. The van der Waals surface area contributed by atoms with Crippen LogP contribution in [0.2, 0.25) is 0 Å². The van der Waals surface area contributed by atoms with Gasteiger partial charge in [-0.15, -0.1) is 0 Å². The molecular formula is C12H14F2N4. The van der Waals surface area contributed by atoms with Gasteiger partial charge < -0.3 is 0 Å². The Morgan fingerprint density at radius 3 is 2.78 bits per heavy atom. The maximum Gasteiger partial charge on any atom is 0.162 e. The van der Waals surface area contributed by atoms with E-state index in [1.165, 1.54) is 6.07 Å². The van der Waals surface area contributed by atoms with Crippen molar-refractivity contribution in [2.75, 3.05) is 0 Å². The van der Waals surface area contributed by atoms with Crippen molar-refractivity contribution in [1.29, 1.82) is 0 Å². The summed E-state index contributed by atoms with van der Waals surface area (Å²) in [4.78, 5) is 0. The van der Waals surface area contributed by atoms with Crippen molar-refractivity contribution < 1.29 is 8.78 Å². The van der Waals surface area contributed by atoms with E-state index in [2.05, 4.69) is 10.5 Å². The fraction of sp³-hybridized carbons (Fsp3) is 0.250. The molecule has 2 aromatic rings. The quantitative estimate of drug-likeness (QED) is 0.639. The maximum atomic E-state index is 13.6.